The second kappa shape index (κ2) is 9.94. The predicted molar refractivity (Wildman–Crippen MR) is 131 cm³/mol. The van der Waals surface area contributed by atoms with Crippen LogP contribution in [-0.4, -0.2) is 32.5 Å². The Morgan fingerprint density at radius 3 is 2.03 bits per heavy atom. The minimum atomic E-state index is -3.62. The van der Waals surface area contributed by atoms with Gasteiger partial charge in [-0.25, -0.2) is 8.42 Å². The summed E-state index contributed by atoms with van der Waals surface area (Å²) in [7, 11) is -1.87. The Hall–Kier alpha value is -2.54. The maximum absolute atomic E-state index is 12.8. The van der Waals surface area contributed by atoms with E-state index in [4.69, 9.17) is 23.2 Å². The molecular weight excluding hydrogens is 467 g/mol. The largest absolute Gasteiger partial charge is 0.337 e. The molecule has 0 spiro atoms. The van der Waals surface area contributed by atoms with Crippen LogP contribution in [0.2, 0.25) is 10.0 Å². The molecule has 8 heteroatoms. The number of aryl methyl sites for hydroxylation is 1. The molecule has 0 N–H and O–H groups in total. The molecule has 168 valence electrons. The van der Waals surface area contributed by atoms with Crippen molar-refractivity contribution in [1.29, 1.82) is 0 Å². The molecule has 3 aromatic carbocycles. The van der Waals surface area contributed by atoms with Crippen molar-refractivity contribution < 1.29 is 13.2 Å². The molecule has 0 radical (unpaired) electrons. The van der Waals surface area contributed by atoms with Crippen molar-refractivity contribution in [3.63, 3.8) is 0 Å². The van der Waals surface area contributed by atoms with Crippen molar-refractivity contribution >= 4 is 44.8 Å². The third-order valence-corrected chi connectivity index (χ3v) is 6.95. The normalized spacial score (nSPS) is 11.3. The van der Waals surface area contributed by atoms with E-state index in [1.807, 2.05) is 31.2 Å². The highest BCUT2D eigenvalue weighted by atomic mass is 35.5. The Balaban J connectivity index is 1.77. The van der Waals surface area contributed by atoms with Crippen LogP contribution in [0.15, 0.2) is 66.7 Å². The number of nitrogens with zero attached hydrogens (tertiary/aromatic N) is 2. The van der Waals surface area contributed by atoms with Crippen molar-refractivity contribution in [3.05, 3.63) is 99.0 Å². The quantitative estimate of drug-likeness (QED) is 0.436. The van der Waals surface area contributed by atoms with Gasteiger partial charge in [-0.2, -0.15) is 0 Å². The van der Waals surface area contributed by atoms with E-state index in [0.29, 0.717) is 23.4 Å². The summed E-state index contributed by atoms with van der Waals surface area (Å²) in [6.07, 6.45) is 1.11. The Morgan fingerprint density at radius 2 is 1.44 bits per heavy atom. The van der Waals surface area contributed by atoms with Crippen LogP contribution >= 0.6 is 23.2 Å². The van der Waals surface area contributed by atoms with Crippen molar-refractivity contribution in [3.8, 4) is 0 Å². The molecule has 3 rings (SSSR count). The Bertz CT molecular complexity index is 1210. The second-order valence-corrected chi connectivity index (χ2v) is 10.4. The van der Waals surface area contributed by atoms with Gasteiger partial charge in [-0.15, -0.1) is 0 Å². The highest BCUT2D eigenvalue weighted by molar-refractivity contribution is 7.92. The Morgan fingerprint density at radius 1 is 0.875 bits per heavy atom. The van der Waals surface area contributed by atoms with Crippen LogP contribution in [0.4, 0.5) is 5.69 Å². The molecule has 0 unspecified atom stereocenters. The lowest BCUT2D eigenvalue weighted by Crippen LogP contribution is -2.29. The highest BCUT2D eigenvalue weighted by Crippen LogP contribution is 2.34. The van der Waals surface area contributed by atoms with E-state index < -0.39 is 10.0 Å². The lowest BCUT2D eigenvalue weighted by atomic mass is 10.1. The smallest absolute Gasteiger partial charge is 0.253 e. The predicted octanol–water partition coefficient (Wildman–Crippen LogP) is 5.54. The maximum Gasteiger partial charge on any atom is 0.253 e. The first kappa shape index (κ1) is 24.1. The molecular formula is C24H24Cl2N2O3S. The number of benzene rings is 3. The van der Waals surface area contributed by atoms with Crippen molar-refractivity contribution in [2.24, 2.45) is 0 Å². The highest BCUT2D eigenvalue weighted by Gasteiger charge is 2.22. The van der Waals surface area contributed by atoms with E-state index >= 15 is 0 Å². The van der Waals surface area contributed by atoms with E-state index in [-0.39, 0.29) is 22.5 Å². The Labute approximate surface area is 199 Å². The number of carbonyl (C=O) groups is 1. The van der Waals surface area contributed by atoms with E-state index in [2.05, 4.69) is 0 Å². The van der Waals surface area contributed by atoms with Crippen LogP contribution in [0.25, 0.3) is 0 Å². The van der Waals surface area contributed by atoms with Crippen LogP contribution in [0.1, 0.15) is 27.0 Å². The third kappa shape index (κ3) is 5.82. The molecule has 5 nitrogen and oxygen atoms in total. The number of amides is 1. The fourth-order valence-electron chi connectivity index (χ4n) is 3.24. The summed E-state index contributed by atoms with van der Waals surface area (Å²) >= 11 is 12.3. The number of carbonyl (C=O) groups excluding carboxylic acids is 1. The van der Waals surface area contributed by atoms with Gasteiger partial charge in [-0.3, -0.25) is 9.10 Å². The lowest BCUT2D eigenvalue weighted by Gasteiger charge is -2.24. The van der Waals surface area contributed by atoms with Crippen LogP contribution in [-0.2, 0) is 23.1 Å². The number of sulfonamides is 1. The Kier molecular flexibility index (Phi) is 7.49. The topological polar surface area (TPSA) is 57.7 Å². The van der Waals surface area contributed by atoms with Crippen molar-refractivity contribution in [1.82, 2.24) is 4.90 Å². The second-order valence-electron chi connectivity index (χ2n) is 7.69. The average molecular weight is 491 g/mol. The van der Waals surface area contributed by atoms with Crippen LogP contribution < -0.4 is 4.31 Å². The summed E-state index contributed by atoms with van der Waals surface area (Å²) in [5, 5.41) is 0.444. The zero-order chi connectivity index (χ0) is 23.5. The summed E-state index contributed by atoms with van der Waals surface area (Å²) in [4.78, 5) is 14.4. The van der Waals surface area contributed by atoms with Gasteiger partial charge in [0.15, 0.2) is 0 Å². The molecule has 0 aliphatic rings. The van der Waals surface area contributed by atoms with Crippen LogP contribution in [0, 0.1) is 6.92 Å². The lowest BCUT2D eigenvalue weighted by molar-refractivity contribution is 0.0785. The van der Waals surface area contributed by atoms with E-state index in [1.165, 1.54) is 9.87 Å². The summed E-state index contributed by atoms with van der Waals surface area (Å²) in [6, 6.07) is 19.8. The average Bonchev–Trinajstić information content (AvgIpc) is 2.75. The van der Waals surface area contributed by atoms with Crippen LogP contribution in [0.5, 0.6) is 0 Å². The maximum atomic E-state index is 12.8. The fourth-order valence-corrected chi connectivity index (χ4v) is 4.58. The minimum absolute atomic E-state index is 0.0621. The standard InChI is InChI=1S/C24H24Cl2N2O3S/c1-17-7-9-18(10-8-17)15-27(2)24(29)20-13-11-19(12-14-20)16-28(32(3,30)31)22-6-4-5-21(25)23(22)26/h4-14H,15-16H2,1-3H3. The molecule has 3 aromatic rings. The summed E-state index contributed by atoms with van der Waals surface area (Å²) < 4.78 is 26.0. The van der Waals surface area contributed by atoms with E-state index in [1.54, 1.807) is 54.4 Å². The molecule has 32 heavy (non-hydrogen) atoms. The molecule has 0 aliphatic heterocycles. The summed E-state index contributed by atoms with van der Waals surface area (Å²) in [5.41, 5.74) is 3.75. The molecule has 0 saturated heterocycles. The van der Waals surface area contributed by atoms with Gasteiger partial charge in [-0.05, 0) is 42.3 Å². The molecule has 0 heterocycles. The summed E-state index contributed by atoms with van der Waals surface area (Å²) in [5.74, 6) is -0.116. The molecule has 0 saturated carbocycles. The first-order valence-corrected chi connectivity index (χ1v) is 12.5. The first-order chi connectivity index (χ1) is 15.1. The van der Waals surface area contributed by atoms with Gasteiger partial charge < -0.3 is 4.90 Å². The van der Waals surface area contributed by atoms with Gasteiger partial charge >= 0.3 is 0 Å². The minimum Gasteiger partial charge on any atom is -0.337 e. The molecule has 0 bridgehead atoms. The molecule has 1 amide bonds. The summed E-state index contributed by atoms with van der Waals surface area (Å²) in [6.45, 7) is 2.58. The fraction of sp³-hybridized carbons (Fsp3) is 0.208. The first-order valence-electron chi connectivity index (χ1n) is 9.88. The number of halogens is 2. The number of hydrogen-bond acceptors (Lipinski definition) is 3. The van der Waals surface area contributed by atoms with E-state index in [9.17, 15) is 13.2 Å². The van der Waals surface area contributed by atoms with Gasteiger partial charge in [0, 0.05) is 19.2 Å². The van der Waals surface area contributed by atoms with Crippen LogP contribution in [0.3, 0.4) is 0 Å². The number of hydrogen-bond donors (Lipinski definition) is 0. The monoisotopic (exact) mass is 490 g/mol. The van der Waals surface area contributed by atoms with Gasteiger partial charge in [0.05, 0.1) is 28.5 Å². The SMILES string of the molecule is Cc1ccc(CN(C)C(=O)c2ccc(CN(c3cccc(Cl)c3Cl)S(C)(=O)=O)cc2)cc1. The van der Waals surface area contributed by atoms with Gasteiger partial charge in [0.1, 0.15) is 0 Å². The van der Waals surface area contributed by atoms with Gasteiger partial charge in [0.25, 0.3) is 5.91 Å². The molecule has 0 aromatic heterocycles. The molecule has 0 fully saturated rings. The van der Waals surface area contributed by atoms with Crippen molar-refractivity contribution in [2.75, 3.05) is 17.6 Å². The molecule has 0 atom stereocenters. The molecule has 0 aliphatic carbocycles. The van der Waals surface area contributed by atoms with Gasteiger partial charge in [-0.1, -0.05) is 71.2 Å². The van der Waals surface area contributed by atoms with Gasteiger partial charge in [0.2, 0.25) is 10.0 Å². The zero-order valence-electron chi connectivity index (χ0n) is 18.0. The third-order valence-electron chi connectivity index (χ3n) is 5.01. The number of anilines is 1. The van der Waals surface area contributed by atoms with Crippen molar-refractivity contribution in [2.45, 2.75) is 20.0 Å². The zero-order valence-corrected chi connectivity index (χ0v) is 20.4. The van der Waals surface area contributed by atoms with E-state index in [0.717, 1.165) is 11.8 Å². The number of rotatable bonds is 7.